The fraction of sp³-hybridized carbons (Fsp3) is 0.429. The predicted molar refractivity (Wildman–Crippen MR) is 81.5 cm³/mol. The third-order valence-electron chi connectivity index (χ3n) is 2.97. The van der Waals surface area contributed by atoms with Gasteiger partial charge in [-0.2, -0.15) is 17.5 Å². The largest absolute Gasteiger partial charge is 0.480 e. The zero-order valence-corrected chi connectivity index (χ0v) is 14.0. The van der Waals surface area contributed by atoms with Crippen LogP contribution in [0.4, 0.5) is 13.2 Å². The second kappa shape index (κ2) is 8.30. The number of carbonyl (C=O) groups is 2. The lowest BCUT2D eigenvalue weighted by atomic mass is 10.2. The fourth-order valence-corrected chi connectivity index (χ4v) is 3.44. The normalized spacial score (nSPS) is 12.2. The number of sulfonamides is 1. The highest BCUT2D eigenvalue weighted by molar-refractivity contribution is 7.89. The van der Waals surface area contributed by atoms with Crippen molar-refractivity contribution in [2.75, 3.05) is 19.6 Å². The van der Waals surface area contributed by atoms with Gasteiger partial charge in [0.2, 0.25) is 10.0 Å². The smallest absolute Gasteiger partial charge is 0.405 e. The average Bonchev–Trinajstić information content (AvgIpc) is 2.51. The van der Waals surface area contributed by atoms with Crippen molar-refractivity contribution in [1.82, 2.24) is 9.62 Å². The van der Waals surface area contributed by atoms with Gasteiger partial charge in [0.25, 0.3) is 5.91 Å². The molecule has 0 atom stereocenters. The minimum absolute atomic E-state index is 0.0564. The van der Waals surface area contributed by atoms with E-state index in [4.69, 9.17) is 5.11 Å². The molecule has 0 saturated heterocycles. The van der Waals surface area contributed by atoms with Crippen LogP contribution in [0.25, 0.3) is 0 Å². The quantitative estimate of drug-likeness (QED) is 0.709. The zero-order valence-electron chi connectivity index (χ0n) is 13.2. The van der Waals surface area contributed by atoms with Crippen LogP contribution < -0.4 is 5.32 Å². The molecule has 7 nitrogen and oxygen atoms in total. The van der Waals surface area contributed by atoms with Gasteiger partial charge in [0.15, 0.2) is 0 Å². The number of nitrogens with one attached hydrogen (secondary N) is 1. The highest BCUT2D eigenvalue weighted by Crippen LogP contribution is 2.18. The summed E-state index contributed by atoms with van der Waals surface area (Å²) in [6.45, 7) is -0.713. The molecule has 0 saturated carbocycles. The molecule has 11 heteroatoms. The maximum atomic E-state index is 12.5. The Morgan fingerprint density at radius 2 is 1.92 bits per heavy atom. The lowest BCUT2D eigenvalue weighted by Gasteiger charge is -2.20. The molecule has 1 aromatic carbocycles. The second-order valence-electron chi connectivity index (χ2n) is 5.06. The summed E-state index contributed by atoms with van der Waals surface area (Å²) < 4.78 is 62.1. The molecule has 0 heterocycles. The van der Waals surface area contributed by atoms with Crippen molar-refractivity contribution in [3.05, 3.63) is 29.8 Å². The van der Waals surface area contributed by atoms with E-state index in [1.165, 1.54) is 6.07 Å². The first-order chi connectivity index (χ1) is 11.5. The first-order valence-corrected chi connectivity index (χ1v) is 8.58. The van der Waals surface area contributed by atoms with Gasteiger partial charge in [-0.1, -0.05) is 13.0 Å². The number of carbonyl (C=O) groups excluding carboxylic acids is 1. The Morgan fingerprint density at radius 3 is 2.44 bits per heavy atom. The molecule has 0 spiro atoms. The van der Waals surface area contributed by atoms with Crippen molar-refractivity contribution in [1.29, 1.82) is 0 Å². The van der Waals surface area contributed by atoms with Gasteiger partial charge in [-0.3, -0.25) is 9.59 Å². The van der Waals surface area contributed by atoms with Crippen LogP contribution in [0.5, 0.6) is 0 Å². The molecule has 140 valence electrons. The molecule has 0 radical (unpaired) electrons. The summed E-state index contributed by atoms with van der Waals surface area (Å²) >= 11 is 0. The monoisotopic (exact) mass is 382 g/mol. The topological polar surface area (TPSA) is 104 Å². The highest BCUT2D eigenvalue weighted by Gasteiger charge is 2.29. The van der Waals surface area contributed by atoms with Crippen molar-refractivity contribution in [2.24, 2.45) is 0 Å². The maximum absolute atomic E-state index is 12.5. The number of hydrogen-bond acceptors (Lipinski definition) is 4. The number of alkyl halides is 3. The Bertz CT molecular complexity index is 734. The van der Waals surface area contributed by atoms with Crippen LogP contribution >= 0.6 is 0 Å². The molecular weight excluding hydrogens is 365 g/mol. The summed E-state index contributed by atoms with van der Waals surface area (Å²) in [6, 6.07) is 4.40. The molecule has 0 aliphatic carbocycles. The molecule has 1 aromatic rings. The number of carboxylic acids is 1. The van der Waals surface area contributed by atoms with Crippen molar-refractivity contribution in [2.45, 2.75) is 24.4 Å². The maximum Gasteiger partial charge on any atom is 0.405 e. The van der Waals surface area contributed by atoms with Gasteiger partial charge in [-0.05, 0) is 24.6 Å². The van der Waals surface area contributed by atoms with E-state index >= 15 is 0 Å². The number of halogens is 3. The van der Waals surface area contributed by atoms with Crippen LogP contribution in [-0.4, -0.2) is 55.5 Å². The standard InChI is InChI=1S/C14H17F3N2O5S/c1-2-6-19(8-12(20)21)25(23,24)11-5-3-4-10(7-11)13(22)18-9-14(15,16)17/h3-5,7H,2,6,8-9H2,1H3,(H,18,22)(H,20,21). The first-order valence-electron chi connectivity index (χ1n) is 7.14. The Labute approximate surface area is 142 Å². The molecule has 1 amide bonds. The molecular formula is C14H17F3N2O5S. The Balaban J connectivity index is 3.09. The summed E-state index contributed by atoms with van der Waals surface area (Å²) in [5.74, 6) is -2.44. The molecule has 0 unspecified atom stereocenters. The molecule has 2 N–H and O–H groups in total. The number of nitrogens with zero attached hydrogens (tertiary/aromatic N) is 1. The van der Waals surface area contributed by atoms with Crippen molar-refractivity contribution >= 4 is 21.9 Å². The summed E-state index contributed by atoms with van der Waals surface area (Å²) in [4.78, 5) is 22.2. The van der Waals surface area contributed by atoms with Gasteiger partial charge in [-0.15, -0.1) is 0 Å². The summed E-state index contributed by atoms with van der Waals surface area (Å²) in [6.07, 6.45) is -4.24. The van der Waals surface area contributed by atoms with Crippen LogP contribution in [0.15, 0.2) is 29.2 Å². The molecule has 0 aliphatic heterocycles. The van der Waals surface area contributed by atoms with Crippen molar-refractivity contribution in [3.8, 4) is 0 Å². The molecule has 0 bridgehead atoms. The summed E-state index contributed by atoms with van der Waals surface area (Å²) in [7, 11) is -4.21. The average molecular weight is 382 g/mol. The van der Waals surface area contributed by atoms with E-state index in [-0.39, 0.29) is 17.0 Å². The SMILES string of the molecule is CCCN(CC(=O)O)S(=O)(=O)c1cccc(C(=O)NCC(F)(F)F)c1. The number of carboxylic acid groups (broad SMARTS) is 1. The van der Waals surface area contributed by atoms with Gasteiger partial charge in [0.05, 0.1) is 4.90 Å². The third kappa shape index (κ3) is 6.35. The van der Waals surface area contributed by atoms with Crippen LogP contribution in [0.2, 0.25) is 0 Å². The molecule has 0 aliphatic rings. The van der Waals surface area contributed by atoms with Crippen molar-refractivity contribution < 1.29 is 36.3 Å². The van der Waals surface area contributed by atoms with E-state index in [0.717, 1.165) is 22.5 Å². The number of hydrogen-bond donors (Lipinski definition) is 2. The summed E-state index contributed by atoms with van der Waals surface area (Å²) in [5, 5.41) is 10.5. The lowest BCUT2D eigenvalue weighted by molar-refractivity contribution is -0.137. The van der Waals surface area contributed by atoms with Crippen molar-refractivity contribution in [3.63, 3.8) is 0 Å². The second-order valence-corrected chi connectivity index (χ2v) is 7.00. The van der Waals surface area contributed by atoms with Crippen LogP contribution in [0.1, 0.15) is 23.7 Å². The highest BCUT2D eigenvalue weighted by atomic mass is 32.2. The van der Waals surface area contributed by atoms with Gasteiger partial charge >= 0.3 is 12.1 Å². The van der Waals surface area contributed by atoms with E-state index in [0.29, 0.717) is 6.42 Å². The number of rotatable bonds is 8. The van der Waals surface area contributed by atoms with Crippen LogP contribution in [0.3, 0.4) is 0 Å². The van der Waals surface area contributed by atoms with E-state index in [1.807, 2.05) is 0 Å². The van der Waals surface area contributed by atoms with Gasteiger partial charge in [0.1, 0.15) is 13.1 Å². The van der Waals surface area contributed by atoms with E-state index in [2.05, 4.69) is 0 Å². The van der Waals surface area contributed by atoms with E-state index in [1.54, 1.807) is 12.2 Å². The zero-order chi connectivity index (χ0) is 19.3. The molecule has 25 heavy (non-hydrogen) atoms. The van der Waals surface area contributed by atoms with Gasteiger partial charge in [0, 0.05) is 12.1 Å². The number of benzene rings is 1. The van der Waals surface area contributed by atoms with E-state index < -0.39 is 41.2 Å². The predicted octanol–water partition coefficient (Wildman–Crippen LogP) is 1.46. The minimum atomic E-state index is -4.60. The number of aliphatic carboxylic acids is 1. The molecule has 0 fully saturated rings. The van der Waals surface area contributed by atoms with Crippen LogP contribution in [0, 0.1) is 0 Å². The molecule has 0 aromatic heterocycles. The molecule has 1 rings (SSSR count). The Morgan fingerprint density at radius 1 is 1.28 bits per heavy atom. The Kier molecular flexibility index (Phi) is 6.94. The lowest BCUT2D eigenvalue weighted by Crippen LogP contribution is -2.36. The Hall–Kier alpha value is -2.14. The van der Waals surface area contributed by atoms with Gasteiger partial charge < -0.3 is 10.4 Å². The first kappa shape index (κ1) is 20.9. The van der Waals surface area contributed by atoms with E-state index in [9.17, 15) is 31.2 Å². The fourth-order valence-electron chi connectivity index (χ4n) is 1.91. The van der Waals surface area contributed by atoms with Crippen LogP contribution in [-0.2, 0) is 14.8 Å². The summed E-state index contributed by atoms with van der Waals surface area (Å²) in [5.41, 5.74) is -0.280. The number of amides is 1. The third-order valence-corrected chi connectivity index (χ3v) is 4.81. The van der Waals surface area contributed by atoms with Gasteiger partial charge in [-0.25, -0.2) is 8.42 Å². The minimum Gasteiger partial charge on any atom is -0.480 e.